The highest BCUT2D eigenvalue weighted by atomic mass is 35.5. The molecular weight excluding hydrogens is 262 g/mol. The van der Waals surface area contributed by atoms with Crippen LogP contribution in [0, 0.1) is 6.92 Å². The number of anilines is 1. The third kappa shape index (κ3) is 2.86. The molecule has 0 aliphatic carbocycles. The second-order valence-electron chi connectivity index (χ2n) is 5.03. The molecular formula is C15H20ClNO2. The predicted molar refractivity (Wildman–Crippen MR) is 78.2 cm³/mol. The second-order valence-corrected chi connectivity index (χ2v) is 5.43. The van der Waals surface area contributed by atoms with Crippen LogP contribution >= 0.6 is 11.6 Å². The maximum absolute atomic E-state index is 12.2. The maximum atomic E-state index is 12.2. The summed E-state index contributed by atoms with van der Waals surface area (Å²) in [7, 11) is 0. The summed E-state index contributed by atoms with van der Waals surface area (Å²) in [4.78, 5) is 14.1. The summed E-state index contributed by atoms with van der Waals surface area (Å²) in [6, 6.07) is 3.75. The number of carbonyl (C=O) groups excluding carboxylic acids is 1. The van der Waals surface area contributed by atoms with Crippen LogP contribution < -0.4 is 9.64 Å². The van der Waals surface area contributed by atoms with Crippen molar-refractivity contribution in [1.82, 2.24) is 0 Å². The Morgan fingerprint density at radius 3 is 2.79 bits per heavy atom. The molecule has 1 aliphatic rings. The fraction of sp³-hybridized carbons (Fsp3) is 0.533. The van der Waals surface area contributed by atoms with Gasteiger partial charge in [-0.05, 0) is 31.9 Å². The smallest absolute Gasteiger partial charge is 0.267 e. The lowest BCUT2D eigenvalue weighted by atomic mass is 10.1. The van der Waals surface area contributed by atoms with Crippen molar-refractivity contribution in [3.63, 3.8) is 0 Å². The lowest BCUT2D eigenvalue weighted by Gasteiger charge is -2.33. The summed E-state index contributed by atoms with van der Waals surface area (Å²) < 4.78 is 5.64. The zero-order valence-corrected chi connectivity index (χ0v) is 12.5. The van der Waals surface area contributed by atoms with Crippen molar-refractivity contribution < 1.29 is 9.53 Å². The predicted octanol–water partition coefficient (Wildman–Crippen LogP) is 3.95. The lowest BCUT2D eigenvalue weighted by Crippen LogP contribution is -2.44. The van der Waals surface area contributed by atoms with Gasteiger partial charge < -0.3 is 9.64 Å². The minimum atomic E-state index is -0.437. The van der Waals surface area contributed by atoms with Crippen LogP contribution in [0.3, 0.4) is 0 Å². The largest absolute Gasteiger partial charge is 0.479 e. The Bertz CT molecular complexity index is 487. The Morgan fingerprint density at radius 1 is 1.37 bits per heavy atom. The van der Waals surface area contributed by atoms with Crippen molar-refractivity contribution in [3.05, 3.63) is 22.7 Å². The molecule has 0 spiro atoms. The van der Waals surface area contributed by atoms with Crippen LogP contribution in [0.15, 0.2) is 12.1 Å². The molecule has 1 aromatic rings. The van der Waals surface area contributed by atoms with Gasteiger partial charge in [0.25, 0.3) is 5.91 Å². The molecule has 0 saturated carbocycles. The van der Waals surface area contributed by atoms with E-state index in [9.17, 15) is 4.79 Å². The Balaban J connectivity index is 2.32. The molecule has 1 aromatic carbocycles. The molecule has 1 heterocycles. The molecule has 2 rings (SSSR count). The summed E-state index contributed by atoms with van der Waals surface area (Å²) in [5, 5.41) is 0.675. The fourth-order valence-electron chi connectivity index (χ4n) is 2.28. The van der Waals surface area contributed by atoms with Crippen molar-refractivity contribution in [2.45, 2.75) is 46.1 Å². The van der Waals surface area contributed by atoms with Crippen LogP contribution in [-0.4, -0.2) is 18.6 Å². The second kappa shape index (κ2) is 5.83. The van der Waals surface area contributed by atoms with Crippen molar-refractivity contribution in [2.24, 2.45) is 0 Å². The van der Waals surface area contributed by atoms with Crippen LogP contribution in [0.2, 0.25) is 5.02 Å². The molecule has 1 atom stereocenters. The summed E-state index contributed by atoms with van der Waals surface area (Å²) in [5.41, 5.74) is 1.81. The Morgan fingerprint density at radius 2 is 2.11 bits per heavy atom. The summed E-state index contributed by atoms with van der Waals surface area (Å²) in [6.07, 6.45) is 2.84. The SMILES string of the molecule is CCCCCN1C(=O)C(C)Oc2cc(Cl)c(C)cc21. The van der Waals surface area contributed by atoms with Crippen LogP contribution in [0.5, 0.6) is 5.75 Å². The van der Waals surface area contributed by atoms with Crippen LogP contribution in [0.25, 0.3) is 0 Å². The van der Waals surface area contributed by atoms with Gasteiger partial charge in [-0.25, -0.2) is 0 Å². The molecule has 0 bridgehead atoms. The van der Waals surface area contributed by atoms with Gasteiger partial charge in [-0.3, -0.25) is 4.79 Å². The number of nitrogens with zero attached hydrogens (tertiary/aromatic N) is 1. The van der Waals surface area contributed by atoms with E-state index in [0.717, 1.165) is 37.1 Å². The third-order valence-corrected chi connectivity index (χ3v) is 3.84. The van der Waals surface area contributed by atoms with E-state index in [1.807, 2.05) is 24.0 Å². The third-order valence-electron chi connectivity index (χ3n) is 3.43. The number of unbranched alkanes of at least 4 members (excludes halogenated alkanes) is 2. The number of carbonyl (C=O) groups is 1. The van der Waals surface area contributed by atoms with Crippen molar-refractivity contribution in [3.8, 4) is 5.75 Å². The summed E-state index contributed by atoms with van der Waals surface area (Å²) in [5.74, 6) is 0.740. The van der Waals surface area contributed by atoms with E-state index in [-0.39, 0.29) is 5.91 Å². The minimum absolute atomic E-state index is 0.0327. The van der Waals surface area contributed by atoms with E-state index in [0.29, 0.717) is 10.8 Å². The quantitative estimate of drug-likeness (QED) is 0.782. The van der Waals surface area contributed by atoms with E-state index in [1.165, 1.54) is 0 Å². The van der Waals surface area contributed by atoms with Gasteiger partial charge in [0.05, 0.1) is 5.69 Å². The Labute approximate surface area is 119 Å². The fourth-order valence-corrected chi connectivity index (χ4v) is 2.44. The molecule has 0 N–H and O–H groups in total. The van der Waals surface area contributed by atoms with Gasteiger partial charge >= 0.3 is 0 Å². The van der Waals surface area contributed by atoms with E-state index in [1.54, 1.807) is 6.92 Å². The highest BCUT2D eigenvalue weighted by Gasteiger charge is 2.31. The number of fused-ring (bicyclic) bond motifs is 1. The van der Waals surface area contributed by atoms with Crippen LogP contribution in [0.4, 0.5) is 5.69 Å². The standard InChI is InChI=1S/C15H20ClNO2/c1-4-5-6-7-17-13-8-10(2)12(16)9-14(13)19-11(3)15(17)18/h8-9,11H,4-7H2,1-3H3. The number of halogens is 1. The summed E-state index contributed by atoms with van der Waals surface area (Å²) in [6.45, 7) is 6.62. The van der Waals surface area contributed by atoms with E-state index < -0.39 is 6.10 Å². The first-order chi connectivity index (χ1) is 9.04. The molecule has 104 valence electrons. The van der Waals surface area contributed by atoms with E-state index in [4.69, 9.17) is 16.3 Å². The Kier molecular flexibility index (Phi) is 4.35. The molecule has 4 heteroatoms. The van der Waals surface area contributed by atoms with Crippen molar-refractivity contribution in [2.75, 3.05) is 11.4 Å². The van der Waals surface area contributed by atoms with E-state index in [2.05, 4.69) is 6.92 Å². The maximum Gasteiger partial charge on any atom is 0.267 e. The van der Waals surface area contributed by atoms with Gasteiger partial charge in [0.1, 0.15) is 5.75 Å². The molecule has 1 aliphatic heterocycles. The zero-order chi connectivity index (χ0) is 14.0. The first kappa shape index (κ1) is 14.2. The number of ether oxygens (including phenoxy) is 1. The van der Waals surface area contributed by atoms with Gasteiger partial charge in [0, 0.05) is 17.6 Å². The van der Waals surface area contributed by atoms with Crippen LogP contribution in [-0.2, 0) is 4.79 Å². The highest BCUT2D eigenvalue weighted by Crippen LogP contribution is 2.38. The number of amides is 1. The minimum Gasteiger partial charge on any atom is -0.479 e. The van der Waals surface area contributed by atoms with Gasteiger partial charge in [-0.2, -0.15) is 0 Å². The molecule has 0 radical (unpaired) electrons. The number of benzene rings is 1. The topological polar surface area (TPSA) is 29.5 Å². The number of aryl methyl sites for hydroxylation is 1. The number of hydrogen-bond acceptors (Lipinski definition) is 2. The van der Waals surface area contributed by atoms with Crippen molar-refractivity contribution >= 4 is 23.2 Å². The average Bonchev–Trinajstić information content (AvgIpc) is 2.37. The molecule has 19 heavy (non-hydrogen) atoms. The molecule has 1 unspecified atom stereocenters. The monoisotopic (exact) mass is 281 g/mol. The molecule has 0 aromatic heterocycles. The molecule has 0 saturated heterocycles. The first-order valence-corrected chi connectivity index (χ1v) is 7.20. The number of hydrogen-bond donors (Lipinski definition) is 0. The summed E-state index contributed by atoms with van der Waals surface area (Å²) >= 11 is 6.12. The van der Waals surface area contributed by atoms with Gasteiger partial charge in [-0.15, -0.1) is 0 Å². The average molecular weight is 282 g/mol. The van der Waals surface area contributed by atoms with Crippen LogP contribution in [0.1, 0.15) is 38.7 Å². The number of rotatable bonds is 4. The zero-order valence-electron chi connectivity index (χ0n) is 11.7. The first-order valence-electron chi connectivity index (χ1n) is 6.82. The molecule has 3 nitrogen and oxygen atoms in total. The van der Waals surface area contributed by atoms with Crippen molar-refractivity contribution in [1.29, 1.82) is 0 Å². The van der Waals surface area contributed by atoms with Gasteiger partial charge in [0.15, 0.2) is 6.10 Å². The molecule has 0 fully saturated rings. The van der Waals surface area contributed by atoms with Gasteiger partial charge in [0.2, 0.25) is 0 Å². The lowest BCUT2D eigenvalue weighted by molar-refractivity contribution is -0.125. The Hall–Kier alpha value is -1.22. The normalized spacial score (nSPS) is 18.2. The van der Waals surface area contributed by atoms with E-state index >= 15 is 0 Å². The van der Waals surface area contributed by atoms with Gasteiger partial charge in [-0.1, -0.05) is 31.4 Å². The molecule has 1 amide bonds. The highest BCUT2D eigenvalue weighted by molar-refractivity contribution is 6.31.